The van der Waals surface area contributed by atoms with Gasteiger partial charge in [0.1, 0.15) is 12.2 Å². The van der Waals surface area contributed by atoms with Gasteiger partial charge in [0, 0.05) is 45.2 Å². The van der Waals surface area contributed by atoms with Gasteiger partial charge < -0.3 is 9.72 Å². The number of methoxy groups -OCH3 is 1. The van der Waals surface area contributed by atoms with Crippen LogP contribution in [-0.4, -0.2) is 48.4 Å². The molecule has 0 spiro atoms. The Kier molecular flexibility index (Phi) is 7.19. The highest BCUT2D eigenvalue weighted by Gasteiger charge is 2.35. The molecule has 1 atom stereocenters. The Morgan fingerprint density at radius 1 is 1.12 bits per heavy atom. The number of amides is 1. The second-order valence-electron chi connectivity index (χ2n) is 9.58. The van der Waals surface area contributed by atoms with Crippen LogP contribution in [0.2, 0.25) is 10.2 Å². The van der Waals surface area contributed by atoms with Gasteiger partial charge in [0.15, 0.2) is 5.15 Å². The third-order valence-electron chi connectivity index (χ3n) is 6.94. The van der Waals surface area contributed by atoms with Gasteiger partial charge in [-0.2, -0.15) is 4.68 Å². The van der Waals surface area contributed by atoms with Crippen molar-refractivity contribution in [3.63, 3.8) is 0 Å². The third-order valence-corrected chi connectivity index (χ3v) is 7.45. The molecule has 202 valence electrons. The number of imidazole rings is 1. The molecule has 0 aliphatic heterocycles. The summed E-state index contributed by atoms with van der Waals surface area (Å²) in [4.78, 5) is 24.4. The van der Waals surface area contributed by atoms with Crippen molar-refractivity contribution in [3.05, 3.63) is 88.8 Å². The summed E-state index contributed by atoms with van der Waals surface area (Å²) in [7, 11) is 1.32. The zero-order valence-electron chi connectivity index (χ0n) is 21.4. The molecule has 6 rings (SSSR count). The topological polar surface area (TPSA) is 124 Å². The van der Waals surface area contributed by atoms with Crippen molar-refractivity contribution in [1.82, 2.24) is 35.2 Å². The summed E-state index contributed by atoms with van der Waals surface area (Å²) in [5, 5.41) is 15.2. The minimum Gasteiger partial charge on any atom is -0.453 e. The molecule has 2 aromatic carbocycles. The average Bonchev–Trinajstić information content (AvgIpc) is 3.52. The Hall–Kier alpha value is -4.28. The van der Waals surface area contributed by atoms with E-state index in [1.165, 1.54) is 7.11 Å². The van der Waals surface area contributed by atoms with Gasteiger partial charge in [-0.25, -0.2) is 9.78 Å². The van der Waals surface area contributed by atoms with Crippen LogP contribution in [0, 0.1) is 5.92 Å². The van der Waals surface area contributed by atoms with Crippen LogP contribution < -0.4 is 5.32 Å². The zero-order valence-corrected chi connectivity index (χ0v) is 22.9. The molecule has 0 radical (unpaired) electrons. The van der Waals surface area contributed by atoms with Gasteiger partial charge in [-0.15, -0.1) is 5.10 Å². The first-order valence-electron chi connectivity index (χ1n) is 12.7. The number of halogens is 2. The number of tetrazole rings is 1. The van der Waals surface area contributed by atoms with E-state index in [0.717, 1.165) is 58.9 Å². The molecule has 12 heteroatoms. The number of ether oxygens (including phenoxy) is 1. The van der Waals surface area contributed by atoms with Crippen LogP contribution >= 0.6 is 23.2 Å². The summed E-state index contributed by atoms with van der Waals surface area (Å²) >= 11 is 12.9. The predicted octanol–water partition coefficient (Wildman–Crippen LogP) is 6.34. The van der Waals surface area contributed by atoms with Gasteiger partial charge in [-0.3, -0.25) is 10.3 Å². The van der Waals surface area contributed by atoms with E-state index in [4.69, 9.17) is 33.2 Å². The quantitative estimate of drug-likeness (QED) is 0.221. The Morgan fingerprint density at radius 3 is 2.60 bits per heavy atom. The van der Waals surface area contributed by atoms with E-state index in [9.17, 15) is 4.79 Å². The summed E-state index contributed by atoms with van der Waals surface area (Å²) < 4.78 is 6.24. The number of H-pyrrole nitrogens is 1. The Morgan fingerprint density at radius 2 is 1.93 bits per heavy atom. The molecule has 1 fully saturated rings. The maximum Gasteiger partial charge on any atom is 0.411 e. The SMILES string of the molecule is COC(=O)Nc1ccc(-c2[nH]c([C@@H](Cc3ccc(-c4cc(Cl)ccc4-n4cnnn4)cn3)C3CC3)nc2Cl)cc1. The van der Waals surface area contributed by atoms with Crippen LogP contribution in [0.25, 0.3) is 28.1 Å². The maximum atomic E-state index is 11.5. The Balaban J connectivity index is 1.22. The highest BCUT2D eigenvalue weighted by molar-refractivity contribution is 6.32. The smallest absolute Gasteiger partial charge is 0.411 e. The third kappa shape index (κ3) is 5.54. The molecule has 2 N–H and O–H groups in total. The van der Waals surface area contributed by atoms with Crippen LogP contribution in [0.5, 0.6) is 0 Å². The summed E-state index contributed by atoms with van der Waals surface area (Å²) in [6.45, 7) is 0. The van der Waals surface area contributed by atoms with Gasteiger partial charge in [-0.05, 0) is 72.0 Å². The number of anilines is 1. The van der Waals surface area contributed by atoms with Crippen LogP contribution in [0.3, 0.4) is 0 Å². The summed E-state index contributed by atoms with van der Waals surface area (Å²) in [6.07, 6.45) is 5.88. The van der Waals surface area contributed by atoms with Gasteiger partial charge in [-0.1, -0.05) is 41.4 Å². The number of nitrogens with one attached hydrogen (secondary N) is 2. The number of hydrogen-bond acceptors (Lipinski definition) is 7. The first-order valence-corrected chi connectivity index (χ1v) is 13.4. The standard InChI is InChI=1S/C28H24Cl2N8O2/c1-40-28(39)33-20-8-4-17(5-9-20)25-26(30)35-27(34-25)23(16-2-3-16)13-21-10-6-18(14-31-21)22-12-19(29)7-11-24(22)38-15-32-36-37-38/h4-12,14-16,23H,2-3,13H2,1H3,(H,33,39)(H,34,35)/t23-/m0/s1. The van der Waals surface area contributed by atoms with E-state index in [2.05, 4.69) is 30.6 Å². The van der Waals surface area contributed by atoms with E-state index in [-0.39, 0.29) is 5.92 Å². The molecule has 3 aromatic heterocycles. The lowest BCUT2D eigenvalue weighted by atomic mass is 9.96. The van der Waals surface area contributed by atoms with E-state index in [0.29, 0.717) is 21.8 Å². The highest BCUT2D eigenvalue weighted by atomic mass is 35.5. The van der Waals surface area contributed by atoms with Crippen molar-refractivity contribution in [1.29, 1.82) is 0 Å². The second-order valence-corrected chi connectivity index (χ2v) is 10.4. The summed E-state index contributed by atoms with van der Waals surface area (Å²) in [5.41, 5.74) is 5.80. The van der Waals surface area contributed by atoms with Crippen molar-refractivity contribution in [3.8, 4) is 28.1 Å². The lowest BCUT2D eigenvalue weighted by Crippen LogP contribution is -2.10. The minimum atomic E-state index is -0.524. The maximum absolute atomic E-state index is 11.5. The van der Waals surface area contributed by atoms with E-state index in [1.807, 2.05) is 42.6 Å². The lowest BCUT2D eigenvalue weighted by molar-refractivity contribution is 0.187. The number of benzene rings is 2. The number of carbonyl (C=O) groups is 1. The fourth-order valence-electron chi connectivity index (χ4n) is 4.75. The van der Waals surface area contributed by atoms with Crippen LogP contribution in [-0.2, 0) is 11.2 Å². The number of aromatic nitrogens is 7. The van der Waals surface area contributed by atoms with Gasteiger partial charge in [0.2, 0.25) is 0 Å². The molecule has 5 aromatic rings. The molecule has 40 heavy (non-hydrogen) atoms. The molecule has 1 aliphatic rings. The number of rotatable bonds is 8. The number of hydrogen-bond donors (Lipinski definition) is 2. The van der Waals surface area contributed by atoms with Crippen molar-refractivity contribution < 1.29 is 9.53 Å². The Labute approximate surface area is 239 Å². The molecule has 0 saturated heterocycles. The first-order chi connectivity index (χ1) is 19.5. The summed E-state index contributed by atoms with van der Waals surface area (Å²) in [6, 6.07) is 17.0. The molecule has 10 nitrogen and oxygen atoms in total. The molecule has 0 bridgehead atoms. The first kappa shape index (κ1) is 26.0. The van der Waals surface area contributed by atoms with Crippen LogP contribution in [0.4, 0.5) is 10.5 Å². The Bertz CT molecular complexity index is 1630. The highest BCUT2D eigenvalue weighted by Crippen LogP contribution is 2.44. The van der Waals surface area contributed by atoms with E-state index >= 15 is 0 Å². The molecule has 1 saturated carbocycles. The van der Waals surface area contributed by atoms with Gasteiger partial charge in [0.05, 0.1) is 18.5 Å². The van der Waals surface area contributed by atoms with Crippen molar-refractivity contribution >= 4 is 35.0 Å². The monoisotopic (exact) mass is 574 g/mol. The largest absolute Gasteiger partial charge is 0.453 e. The number of nitrogens with zero attached hydrogens (tertiary/aromatic N) is 6. The average molecular weight is 575 g/mol. The van der Waals surface area contributed by atoms with Crippen molar-refractivity contribution in [2.45, 2.75) is 25.2 Å². The molecule has 1 aliphatic carbocycles. The normalized spacial score (nSPS) is 13.7. The van der Waals surface area contributed by atoms with Crippen LogP contribution in [0.1, 0.15) is 30.3 Å². The molecule has 0 unspecified atom stereocenters. The van der Waals surface area contributed by atoms with Crippen LogP contribution in [0.15, 0.2) is 67.1 Å². The molecular weight excluding hydrogens is 551 g/mol. The van der Waals surface area contributed by atoms with Crippen molar-refractivity contribution in [2.75, 3.05) is 12.4 Å². The number of pyridine rings is 1. The number of aromatic amines is 1. The van der Waals surface area contributed by atoms with E-state index in [1.54, 1.807) is 29.2 Å². The lowest BCUT2D eigenvalue weighted by Gasteiger charge is -2.14. The molecule has 1 amide bonds. The van der Waals surface area contributed by atoms with Gasteiger partial charge in [0.25, 0.3) is 0 Å². The van der Waals surface area contributed by atoms with Gasteiger partial charge >= 0.3 is 6.09 Å². The second kappa shape index (κ2) is 11.1. The molecular formula is C28H24Cl2N8O2. The number of carbonyl (C=O) groups excluding carboxylic acids is 1. The predicted molar refractivity (Wildman–Crippen MR) is 152 cm³/mol. The zero-order chi connectivity index (χ0) is 27.6. The summed E-state index contributed by atoms with van der Waals surface area (Å²) in [5.74, 6) is 1.52. The fourth-order valence-corrected chi connectivity index (χ4v) is 5.17. The fraction of sp³-hybridized carbons (Fsp3) is 0.214. The minimum absolute atomic E-state index is 0.160. The molecule has 3 heterocycles. The van der Waals surface area contributed by atoms with Crippen molar-refractivity contribution in [2.24, 2.45) is 5.92 Å². The van der Waals surface area contributed by atoms with E-state index < -0.39 is 6.09 Å².